The van der Waals surface area contributed by atoms with E-state index in [1.165, 1.54) is 0 Å². The molecular weight excluding hydrogens is 404 g/mol. The Labute approximate surface area is 179 Å². The molecule has 0 unspecified atom stereocenters. The number of rotatable bonds is 4. The fraction of sp³-hybridized carbons (Fsp3) is 0.238. The van der Waals surface area contributed by atoms with Gasteiger partial charge in [0, 0.05) is 36.1 Å². The van der Waals surface area contributed by atoms with Crippen molar-refractivity contribution < 1.29 is 9.53 Å². The van der Waals surface area contributed by atoms with Crippen molar-refractivity contribution in [3.05, 3.63) is 59.5 Å². The molecule has 2 N–H and O–H groups in total. The largest absolute Gasteiger partial charge is 0.378 e. The lowest BCUT2D eigenvalue weighted by molar-refractivity contribution is 0.122. The molecule has 30 heavy (non-hydrogen) atoms. The number of amides is 2. The molecule has 2 aromatic heterocycles. The van der Waals surface area contributed by atoms with Crippen molar-refractivity contribution in [2.75, 3.05) is 41.8 Å². The van der Waals surface area contributed by atoms with Crippen LogP contribution in [0.15, 0.2) is 48.8 Å². The van der Waals surface area contributed by atoms with Gasteiger partial charge < -0.3 is 20.3 Å². The quantitative estimate of drug-likeness (QED) is 0.615. The highest BCUT2D eigenvalue weighted by molar-refractivity contribution is 6.30. The van der Waals surface area contributed by atoms with E-state index in [-0.39, 0.29) is 6.03 Å². The molecule has 9 heteroatoms. The fourth-order valence-electron chi connectivity index (χ4n) is 3.12. The highest BCUT2D eigenvalue weighted by Gasteiger charge is 2.19. The number of aromatic nitrogens is 3. The predicted molar refractivity (Wildman–Crippen MR) is 117 cm³/mol. The Balaban J connectivity index is 1.49. The smallest absolute Gasteiger partial charge is 0.323 e. The SMILES string of the molecule is Cc1c(Cl)nc(-c2ccc(NC(=O)Nc3cccnc3)cc2)nc1N1CCOCC1. The van der Waals surface area contributed by atoms with Crippen molar-refractivity contribution in [3.63, 3.8) is 0 Å². The number of carbonyl (C=O) groups excluding carboxylic acids is 1. The molecule has 0 aliphatic carbocycles. The maximum absolute atomic E-state index is 12.1. The first-order valence-corrected chi connectivity index (χ1v) is 9.93. The van der Waals surface area contributed by atoms with Crippen LogP contribution in [-0.2, 0) is 4.74 Å². The van der Waals surface area contributed by atoms with Crippen LogP contribution in [0.3, 0.4) is 0 Å². The van der Waals surface area contributed by atoms with E-state index in [9.17, 15) is 4.79 Å². The number of urea groups is 1. The molecule has 3 aromatic rings. The van der Waals surface area contributed by atoms with Gasteiger partial charge in [-0.15, -0.1) is 0 Å². The van der Waals surface area contributed by atoms with Crippen LogP contribution in [0.5, 0.6) is 0 Å². The molecule has 3 heterocycles. The average molecular weight is 425 g/mol. The molecule has 0 saturated carbocycles. The highest BCUT2D eigenvalue weighted by atomic mass is 35.5. The lowest BCUT2D eigenvalue weighted by Crippen LogP contribution is -2.37. The van der Waals surface area contributed by atoms with E-state index in [2.05, 4.69) is 25.5 Å². The third-order valence-electron chi connectivity index (χ3n) is 4.69. The number of morpholine rings is 1. The second kappa shape index (κ2) is 9.06. The Hall–Kier alpha value is -3.23. The Morgan fingerprint density at radius 3 is 2.50 bits per heavy atom. The van der Waals surface area contributed by atoms with E-state index in [0.717, 1.165) is 30.0 Å². The van der Waals surface area contributed by atoms with Crippen LogP contribution in [0.2, 0.25) is 5.15 Å². The minimum absolute atomic E-state index is 0.347. The van der Waals surface area contributed by atoms with E-state index >= 15 is 0 Å². The zero-order valence-corrected chi connectivity index (χ0v) is 17.2. The Morgan fingerprint density at radius 1 is 1.07 bits per heavy atom. The van der Waals surface area contributed by atoms with Gasteiger partial charge in [-0.3, -0.25) is 4.98 Å². The molecule has 1 aliphatic rings. The molecule has 0 atom stereocenters. The first kappa shape index (κ1) is 20.1. The lowest BCUT2D eigenvalue weighted by Gasteiger charge is -2.29. The van der Waals surface area contributed by atoms with Gasteiger partial charge in [-0.25, -0.2) is 14.8 Å². The maximum Gasteiger partial charge on any atom is 0.323 e. The lowest BCUT2D eigenvalue weighted by atomic mass is 10.2. The van der Waals surface area contributed by atoms with Crippen molar-refractivity contribution in [1.29, 1.82) is 0 Å². The number of pyridine rings is 1. The Kier molecular flexibility index (Phi) is 6.06. The Morgan fingerprint density at radius 2 is 1.80 bits per heavy atom. The number of nitrogens with zero attached hydrogens (tertiary/aromatic N) is 4. The zero-order chi connectivity index (χ0) is 20.9. The molecule has 154 valence electrons. The summed E-state index contributed by atoms with van der Waals surface area (Å²) in [6.45, 7) is 4.78. The molecule has 4 rings (SSSR count). The number of anilines is 3. The molecule has 0 bridgehead atoms. The molecule has 8 nitrogen and oxygen atoms in total. The number of benzene rings is 1. The van der Waals surface area contributed by atoms with Crippen molar-refractivity contribution in [1.82, 2.24) is 15.0 Å². The summed E-state index contributed by atoms with van der Waals surface area (Å²) in [4.78, 5) is 27.4. The molecule has 0 spiro atoms. The number of halogens is 1. The Bertz CT molecular complexity index is 1020. The maximum atomic E-state index is 12.1. The topological polar surface area (TPSA) is 92.3 Å². The second-order valence-corrected chi connectivity index (χ2v) is 7.14. The summed E-state index contributed by atoms with van der Waals surface area (Å²) < 4.78 is 5.43. The van der Waals surface area contributed by atoms with Gasteiger partial charge in [-0.2, -0.15) is 0 Å². The summed E-state index contributed by atoms with van der Waals surface area (Å²) >= 11 is 6.39. The number of hydrogen-bond acceptors (Lipinski definition) is 6. The number of hydrogen-bond donors (Lipinski definition) is 2. The summed E-state index contributed by atoms with van der Waals surface area (Å²) in [5.74, 6) is 1.37. The van der Waals surface area contributed by atoms with Crippen molar-refractivity contribution >= 4 is 34.8 Å². The second-order valence-electron chi connectivity index (χ2n) is 6.78. The fourth-order valence-corrected chi connectivity index (χ4v) is 3.29. The van der Waals surface area contributed by atoms with Gasteiger partial charge in [0.1, 0.15) is 11.0 Å². The first-order valence-electron chi connectivity index (χ1n) is 9.55. The normalized spacial score (nSPS) is 13.7. The van der Waals surface area contributed by atoms with Crippen molar-refractivity contribution in [3.8, 4) is 11.4 Å². The van der Waals surface area contributed by atoms with Crippen LogP contribution in [0.25, 0.3) is 11.4 Å². The average Bonchev–Trinajstić information content (AvgIpc) is 2.77. The summed E-state index contributed by atoms with van der Waals surface area (Å²) in [5, 5.41) is 5.94. The van der Waals surface area contributed by atoms with Crippen LogP contribution in [0, 0.1) is 6.92 Å². The molecule has 1 aliphatic heterocycles. The zero-order valence-electron chi connectivity index (χ0n) is 16.4. The third-order valence-corrected chi connectivity index (χ3v) is 5.06. The van der Waals surface area contributed by atoms with Gasteiger partial charge in [-0.05, 0) is 43.3 Å². The van der Waals surface area contributed by atoms with E-state index in [0.29, 0.717) is 35.6 Å². The summed E-state index contributed by atoms with van der Waals surface area (Å²) in [7, 11) is 0. The first-order chi connectivity index (χ1) is 14.6. The van der Waals surface area contributed by atoms with Gasteiger partial charge in [0.05, 0.1) is 25.1 Å². The van der Waals surface area contributed by atoms with Gasteiger partial charge in [0.2, 0.25) is 0 Å². The van der Waals surface area contributed by atoms with Gasteiger partial charge in [0.25, 0.3) is 0 Å². The molecule has 0 radical (unpaired) electrons. The van der Waals surface area contributed by atoms with E-state index < -0.39 is 0 Å². The summed E-state index contributed by atoms with van der Waals surface area (Å²) in [6, 6.07) is 10.5. The van der Waals surface area contributed by atoms with Crippen LogP contribution >= 0.6 is 11.6 Å². The molecule has 1 saturated heterocycles. The molecule has 1 fully saturated rings. The van der Waals surface area contributed by atoms with E-state index in [4.69, 9.17) is 21.3 Å². The molecular formula is C21H21ClN6O2. The van der Waals surface area contributed by atoms with Gasteiger partial charge in [0.15, 0.2) is 5.82 Å². The third kappa shape index (κ3) is 4.67. The number of nitrogens with one attached hydrogen (secondary N) is 2. The van der Waals surface area contributed by atoms with E-state index in [1.807, 2.05) is 19.1 Å². The minimum Gasteiger partial charge on any atom is -0.378 e. The predicted octanol–water partition coefficient (Wildman–Crippen LogP) is 3.98. The summed E-state index contributed by atoms with van der Waals surface area (Å²) in [6.07, 6.45) is 3.22. The van der Waals surface area contributed by atoms with Crippen LogP contribution in [0.4, 0.5) is 22.0 Å². The molecule has 2 amide bonds. The monoisotopic (exact) mass is 424 g/mol. The number of ether oxygens (including phenoxy) is 1. The van der Waals surface area contributed by atoms with Gasteiger partial charge in [-0.1, -0.05) is 11.6 Å². The van der Waals surface area contributed by atoms with Gasteiger partial charge >= 0.3 is 6.03 Å². The van der Waals surface area contributed by atoms with Crippen LogP contribution in [-0.4, -0.2) is 47.3 Å². The highest BCUT2D eigenvalue weighted by Crippen LogP contribution is 2.28. The minimum atomic E-state index is -0.347. The van der Waals surface area contributed by atoms with Crippen LogP contribution in [0.1, 0.15) is 5.56 Å². The van der Waals surface area contributed by atoms with Crippen molar-refractivity contribution in [2.24, 2.45) is 0 Å². The summed E-state index contributed by atoms with van der Waals surface area (Å²) in [5.41, 5.74) is 2.93. The van der Waals surface area contributed by atoms with E-state index in [1.54, 1.807) is 36.7 Å². The van der Waals surface area contributed by atoms with Crippen molar-refractivity contribution in [2.45, 2.75) is 6.92 Å². The molecule has 1 aromatic carbocycles. The van der Waals surface area contributed by atoms with Crippen LogP contribution < -0.4 is 15.5 Å². The number of carbonyl (C=O) groups is 1. The standard InChI is InChI=1S/C21H21ClN6O2/c1-14-18(22)26-19(27-20(14)28-9-11-30-12-10-28)15-4-6-16(7-5-15)24-21(29)25-17-3-2-8-23-13-17/h2-8,13H,9-12H2,1H3,(H2,24,25,29).